The van der Waals surface area contributed by atoms with Crippen molar-refractivity contribution in [1.29, 1.82) is 0 Å². The summed E-state index contributed by atoms with van der Waals surface area (Å²) >= 11 is 0. The average Bonchev–Trinajstić information content (AvgIpc) is 3.14. The second-order valence-electron chi connectivity index (χ2n) is 6.10. The number of aliphatic hydroxyl groups is 3. The van der Waals surface area contributed by atoms with E-state index in [-0.39, 0.29) is 11.2 Å². The van der Waals surface area contributed by atoms with Crippen molar-refractivity contribution in [3.8, 4) is 0 Å². The number of anilines is 1. The fraction of sp³-hybridized carbons (Fsp3) is 0.667. The molecule has 0 spiro atoms. The first-order valence-electron chi connectivity index (χ1n) is 8.40. The van der Waals surface area contributed by atoms with E-state index in [0.717, 1.165) is 19.3 Å². The zero-order valence-corrected chi connectivity index (χ0v) is 13.9. The molecule has 10 nitrogen and oxygen atoms in total. The van der Waals surface area contributed by atoms with Crippen molar-refractivity contribution < 1.29 is 20.1 Å². The van der Waals surface area contributed by atoms with Crippen LogP contribution in [0, 0.1) is 0 Å². The monoisotopic (exact) mass is 353 g/mol. The number of ether oxygens (including phenoxy) is 1. The van der Waals surface area contributed by atoms with E-state index in [9.17, 15) is 20.1 Å². The number of H-pyrrole nitrogens is 1. The molecular weight excluding hydrogens is 330 g/mol. The van der Waals surface area contributed by atoms with Crippen molar-refractivity contribution in [2.24, 2.45) is 0 Å². The molecule has 4 atom stereocenters. The molecule has 25 heavy (non-hydrogen) atoms. The Labute approximate surface area is 143 Å². The lowest BCUT2D eigenvalue weighted by Gasteiger charge is -2.16. The summed E-state index contributed by atoms with van der Waals surface area (Å²) in [6, 6.07) is 0. The normalized spacial score (nSPS) is 26.4. The summed E-state index contributed by atoms with van der Waals surface area (Å²) in [5.74, 6) is 0.307. The topological polar surface area (TPSA) is 146 Å². The Morgan fingerprint density at radius 3 is 2.84 bits per heavy atom. The van der Waals surface area contributed by atoms with E-state index in [1.165, 1.54) is 10.9 Å². The molecule has 5 N–H and O–H groups in total. The van der Waals surface area contributed by atoms with Gasteiger partial charge in [0.15, 0.2) is 17.4 Å². The van der Waals surface area contributed by atoms with E-state index in [2.05, 4.69) is 27.2 Å². The van der Waals surface area contributed by atoms with E-state index >= 15 is 0 Å². The number of fused-ring (bicyclic) bond motifs is 1. The lowest BCUT2D eigenvalue weighted by atomic mass is 10.1. The van der Waals surface area contributed by atoms with Crippen molar-refractivity contribution in [1.82, 2.24) is 19.5 Å². The number of imidazole rings is 1. The van der Waals surface area contributed by atoms with Crippen molar-refractivity contribution in [3.05, 3.63) is 16.7 Å². The lowest BCUT2D eigenvalue weighted by Crippen LogP contribution is -2.33. The predicted octanol–water partition coefficient (Wildman–Crippen LogP) is -0.667. The summed E-state index contributed by atoms with van der Waals surface area (Å²) < 4.78 is 6.87. The molecule has 1 aliphatic rings. The number of nitrogens with one attached hydrogen (secondary N) is 2. The second kappa shape index (κ2) is 7.48. The first-order chi connectivity index (χ1) is 12.1. The van der Waals surface area contributed by atoms with Crippen LogP contribution in [-0.4, -0.2) is 66.3 Å². The zero-order chi connectivity index (χ0) is 18.0. The largest absolute Gasteiger partial charge is 0.394 e. The number of nitrogens with zero attached hydrogens (tertiary/aromatic N) is 3. The minimum atomic E-state index is -1.27. The van der Waals surface area contributed by atoms with Crippen molar-refractivity contribution in [2.45, 2.75) is 50.7 Å². The standard InChI is InChI=1S/C15H23N5O5/c1-2-3-4-5-16-15-18-12-9(13(24)19-15)17-7-20(12)14-11(23)10(22)8(6-21)25-14/h7-8,10-11,14,21-23H,2-6H2,1H3,(H2,16,18,19,24)/t8-,10?,11?,14-/m1/s1. The van der Waals surface area contributed by atoms with Gasteiger partial charge in [-0.15, -0.1) is 0 Å². The van der Waals surface area contributed by atoms with Gasteiger partial charge >= 0.3 is 0 Å². The van der Waals surface area contributed by atoms with Crippen LogP contribution >= 0.6 is 0 Å². The Bertz CT molecular complexity index is 775. The quantitative estimate of drug-likeness (QED) is 0.412. The molecule has 3 rings (SSSR count). The fourth-order valence-electron chi connectivity index (χ4n) is 2.89. The van der Waals surface area contributed by atoms with E-state index < -0.39 is 36.7 Å². The van der Waals surface area contributed by atoms with Gasteiger partial charge in [0, 0.05) is 6.54 Å². The number of rotatable bonds is 7. The summed E-state index contributed by atoms with van der Waals surface area (Å²) in [7, 11) is 0. The summed E-state index contributed by atoms with van der Waals surface area (Å²) in [6.45, 7) is 2.34. The van der Waals surface area contributed by atoms with Gasteiger partial charge in [0.05, 0.1) is 12.9 Å². The van der Waals surface area contributed by atoms with Crippen molar-refractivity contribution in [2.75, 3.05) is 18.5 Å². The van der Waals surface area contributed by atoms with Gasteiger partial charge in [0.2, 0.25) is 5.95 Å². The Hall–Kier alpha value is -2.01. The van der Waals surface area contributed by atoms with Crippen LogP contribution in [0.4, 0.5) is 5.95 Å². The molecule has 10 heteroatoms. The minimum Gasteiger partial charge on any atom is -0.394 e. The fourth-order valence-corrected chi connectivity index (χ4v) is 2.89. The molecule has 0 aromatic carbocycles. The molecule has 1 fully saturated rings. The molecule has 2 unspecified atom stereocenters. The van der Waals surface area contributed by atoms with Gasteiger partial charge in [-0.25, -0.2) is 4.98 Å². The van der Waals surface area contributed by atoms with Crippen LogP contribution in [0.5, 0.6) is 0 Å². The highest BCUT2D eigenvalue weighted by Gasteiger charge is 2.44. The lowest BCUT2D eigenvalue weighted by molar-refractivity contribution is -0.0511. The van der Waals surface area contributed by atoms with E-state index in [1.54, 1.807) is 0 Å². The maximum atomic E-state index is 12.2. The third-order valence-electron chi connectivity index (χ3n) is 4.30. The summed E-state index contributed by atoms with van der Waals surface area (Å²) in [5, 5.41) is 32.3. The molecule has 0 bridgehead atoms. The highest BCUT2D eigenvalue weighted by atomic mass is 16.6. The molecule has 3 heterocycles. The van der Waals surface area contributed by atoms with Crippen LogP contribution in [0.2, 0.25) is 0 Å². The number of unbranched alkanes of at least 4 members (excludes halogenated alkanes) is 2. The Morgan fingerprint density at radius 2 is 2.16 bits per heavy atom. The van der Waals surface area contributed by atoms with Gasteiger partial charge in [0.1, 0.15) is 18.3 Å². The van der Waals surface area contributed by atoms with Crippen molar-refractivity contribution >= 4 is 17.1 Å². The zero-order valence-electron chi connectivity index (χ0n) is 13.9. The molecular formula is C15H23N5O5. The van der Waals surface area contributed by atoms with Crippen LogP contribution < -0.4 is 10.9 Å². The number of aliphatic hydroxyl groups excluding tert-OH is 3. The Balaban J connectivity index is 1.89. The summed E-state index contributed by atoms with van der Waals surface area (Å²) in [6.07, 6.45) is 0.0338. The number of aromatic amines is 1. The highest BCUT2D eigenvalue weighted by molar-refractivity contribution is 5.70. The number of hydrogen-bond acceptors (Lipinski definition) is 8. The first-order valence-corrected chi connectivity index (χ1v) is 8.40. The van der Waals surface area contributed by atoms with Gasteiger partial charge in [-0.1, -0.05) is 19.8 Å². The van der Waals surface area contributed by atoms with Gasteiger partial charge in [-0.2, -0.15) is 4.98 Å². The summed E-state index contributed by atoms with van der Waals surface area (Å²) in [5.41, 5.74) is -0.0677. The highest BCUT2D eigenvalue weighted by Crippen LogP contribution is 2.30. The van der Waals surface area contributed by atoms with Crippen LogP contribution in [0.1, 0.15) is 32.4 Å². The minimum absolute atomic E-state index is 0.108. The van der Waals surface area contributed by atoms with E-state index in [4.69, 9.17) is 4.74 Å². The van der Waals surface area contributed by atoms with E-state index in [1.807, 2.05) is 0 Å². The van der Waals surface area contributed by atoms with Crippen molar-refractivity contribution in [3.63, 3.8) is 0 Å². The van der Waals surface area contributed by atoms with Crippen LogP contribution in [0.25, 0.3) is 11.2 Å². The Kier molecular flexibility index (Phi) is 5.33. The maximum Gasteiger partial charge on any atom is 0.280 e. The first kappa shape index (κ1) is 17.8. The summed E-state index contributed by atoms with van der Waals surface area (Å²) in [4.78, 5) is 23.2. The molecule has 0 saturated carbocycles. The molecule has 1 saturated heterocycles. The predicted molar refractivity (Wildman–Crippen MR) is 89.2 cm³/mol. The Morgan fingerprint density at radius 1 is 1.36 bits per heavy atom. The number of hydrogen-bond donors (Lipinski definition) is 5. The van der Waals surface area contributed by atoms with Gasteiger partial charge in [-0.3, -0.25) is 14.3 Å². The van der Waals surface area contributed by atoms with Crippen LogP contribution in [-0.2, 0) is 4.74 Å². The molecule has 0 radical (unpaired) electrons. The smallest absolute Gasteiger partial charge is 0.280 e. The third-order valence-corrected chi connectivity index (χ3v) is 4.30. The van der Waals surface area contributed by atoms with Crippen LogP contribution in [0.15, 0.2) is 11.1 Å². The molecule has 138 valence electrons. The van der Waals surface area contributed by atoms with Gasteiger partial charge in [0.25, 0.3) is 5.56 Å². The molecule has 0 aliphatic carbocycles. The average molecular weight is 353 g/mol. The second-order valence-corrected chi connectivity index (χ2v) is 6.10. The number of aromatic nitrogens is 4. The maximum absolute atomic E-state index is 12.2. The molecule has 0 amide bonds. The van der Waals surface area contributed by atoms with E-state index in [0.29, 0.717) is 12.5 Å². The van der Waals surface area contributed by atoms with Crippen LogP contribution in [0.3, 0.4) is 0 Å². The molecule has 2 aromatic rings. The van der Waals surface area contributed by atoms with Gasteiger partial charge in [-0.05, 0) is 6.42 Å². The SMILES string of the molecule is CCCCCNc1nc2c(ncn2[C@@H]2O[C@H](CO)C(O)C2O)c(=O)[nH]1. The molecule has 1 aliphatic heterocycles. The molecule has 2 aromatic heterocycles. The van der Waals surface area contributed by atoms with Gasteiger partial charge < -0.3 is 25.4 Å². The third kappa shape index (κ3) is 3.38.